The molecule has 0 saturated carbocycles. The molecule has 3 aromatic rings. The molecule has 0 unspecified atom stereocenters. The second kappa shape index (κ2) is 11.6. The Labute approximate surface area is 206 Å². The largest absolute Gasteiger partial charge is 0.490 e. The molecule has 1 N–H and O–H groups in total. The monoisotopic (exact) mass is 476 g/mol. The maximum absolute atomic E-state index is 12.1. The van der Waals surface area contributed by atoms with E-state index in [0.29, 0.717) is 35.1 Å². The summed E-state index contributed by atoms with van der Waals surface area (Å²) in [6.45, 7) is 9.55. The second-order valence-electron chi connectivity index (χ2n) is 8.28. The number of carbonyl (C=O) groups is 1. The van der Waals surface area contributed by atoms with Crippen molar-refractivity contribution in [2.75, 3.05) is 13.2 Å². The Bertz CT molecular complexity index is 1210. The number of benzene rings is 2. The van der Waals surface area contributed by atoms with Gasteiger partial charge < -0.3 is 19.3 Å². The molecule has 0 bridgehead atoms. The predicted molar refractivity (Wildman–Crippen MR) is 133 cm³/mol. The van der Waals surface area contributed by atoms with Crippen LogP contribution in [0.3, 0.4) is 0 Å². The molecule has 1 heterocycles. The van der Waals surface area contributed by atoms with Crippen LogP contribution < -0.4 is 4.74 Å². The number of hydrogen-bond donors (Lipinski definition) is 1. The van der Waals surface area contributed by atoms with Crippen LogP contribution in [0.4, 0.5) is 0 Å². The third-order valence-corrected chi connectivity index (χ3v) is 5.74. The van der Waals surface area contributed by atoms with Gasteiger partial charge in [0.05, 0.1) is 24.3 Å². The molecule has 0 spiro atoms. The van der Waals surface area contributed by atoms with Crippen molar-refractivity contribution in [3.05, 3.63) is 53.1 Å². The highest BCUT2D eigenvalue weighted by Crippen LogP contribution is 2.40. The molecule has 4 rings (SSSR count). The Hall–Kier alpha value is -3.70. The van der Waals surface area contributed by atoms with Crippen LogP contribution in [0.15, 0.2) is 40.9 Å². The SMILES string of the molecule is CC.CC(=O)N(CCO)[C@@H]1CCc2c(-c3noc(-c4ccc(OC(C)C)c(C#N)c4)n3)cccc21. The first-order valence-corrected chi connectivity index (χ1v) is 12.0. The first kappa shape index (κ1) is 25.9. The van der Waals surface area contributed by atoms with E-state index in [0.717, 1.165) is 29.5 Å². The summed E-state index contributed by atoms with van der Waals surface area (Å²) < 4.78 is 11.2. The van der Waals surface area contributed by atoms with Crippen LogP contribution in [0.1, 0.15) is 63.8 Å². The molecule has 1 aromatic heterocycles. The quantitative estimate of drug-likeness (QED) is 0.515. The molecule has 184 valence electrons. The minimum Gasteiger partial charge on any atom is -0.490 e. The number of rotatable bonds is 7. The van der Waals surface area contributed by atoms with Crippen molar-refractivity contribution in [3.8, 4) is 34.7 Å². The van der Waals surface area contributed by atoms with Gasteiger partial charge in [-0.15, -0.1) is 0 Å². The van der Waals surface area contributed by atoms with Gasteiger partial charge in [-0.2, -0.15) is 10.2 Å². The lowest BCUT2D eigenvalue weighted by Crippen LogP contribution is -2.34. The number of aliphatic hydroxyl groups is 1. The minimum absolute atomic E-state index is 0.0433. The van der Waals surface area contributed by atoms with Crippen LogP contribution in [-0.4, -0.2) is 45.3 Å². The second-order valence-corrected chi connectivity index (χ2v) is 8.28. The van der Waals surface area contributed by atoms with Crippen molar-refractivity contribution in [2.45, 2.75) is 59.6 Å². The van der Waals surface area contributed by atoms with Gasteiger partial charge in [0.2, 0.25) is 11.7 Å². The van der Waals surface area contributed by atoms with Crippen LogP contribution >= 0.6 is 0 Å². The highest BCUT2D eigenvalue weighted by molar-refractivity contribution is 5.75. The minimum atomic E-state index is -0.0809. The van der Waals surface area contributed by atoms with Crippen molar-refractivity contribution in [1.29, 1.82) is 5.26 Å². The summed E-state index contributed by atoms with van der Waals surface area (Å²) in [6, 6.07) is 13.2. The van der Waals surface area contributed by atoms with Crippen molar-refractivity contribution >= 4 is 5.91 Å². The zero-order valence-electron chi connectivity index (χ0n) is 20.9. The van der Waals surface area contributed by atoms with Gasteiger partial charge in [0.15, 0.2) is 0 Å². The molecule has 35 heavy (non-hydrogen) atoms. The van der Waals surface area contributed by atoms with Gasteiger partial charge in [0.1, 0.15) is 11.8 Å². The zero-order chi connectivity index (χ0) is 25.5. The third kappa shape index (κ3) is 5.52. The fourth-order valence-electron chi connectivity index (χ4n) is 4.36. The van der Waals surface area contributed by atoms with E-state index in [4.69, 9.17) is 9.26 Å². The number of ether oxygens (including phenoxy) is 1. The number of nitriles is 1. The number of carbonyl (C=O) groups excluding carboxylic acids is 1. The van der Waals surface area contributed by atoms with E-state index < -0.39 is 0 Å². The van der Waals surface area contributed by atoms with E-state index in [9.17, 15) is 15.2 Å². The zero-order valence-corrected chi connectivity index (χ0v) is 20.9. The van der Waals surface area contributed by atoms with Gasteiger partial charge in [-0.05, 0) is 56.0 Å². The Morgan fingerprint density at radius 3 is 2.74 bits per heavy atom. The Morgan fingerprint density at radius 1 is 1.31 bits per heavy atom. The molecule has 0 radical (unpaired) electrons. The van der Waals surface area contributed by atoms with Gasteiger partial charge in [-0.3, -0.25) is 4.79 Å². The predicted octanol–water partition coefficient (Wildman–Crippen LogP) is 4.92. The molecule has 1 aliphatic rings. The van der Waals surface area contributed by atoms with Crippen molar-refractivity contribution in [3.63, 3.8) is 0 Å². The molecule has 0 saturated heterocycles. The summed E-state index contributed by atoms with van der Waals surface area (Å²) in [5.74, 6) is 1.23. The first-order valence-electron chi connectivity index (χ1n) is 12.0. The smallest absolute Gasteiger partial charge is 0.258 e. The number of nitrogens with zero attached hydrogens (tertiary/aromatic N) is 4. The number of aliphatic hydroxyl groups excluding tert-OH is 1. The number of aromatic nitrogens is 2. The maximum Gasteiger partial charge on any atom is 0.258 e. The Morgan fingerprint density at radius 2 is 2.09 bits per heavy atom. The molecule has 0 aliphatic heterocycles. The Balaban J connectivity index is 0.00000167. The summed E-state index contributed by atoms with van der Waals surface area (Å²) in [7, 11) is 0. The normalized spacial score (nSPS) is 14.1. The molecule has 2 aromatic carbocycles. The van der Waals surface area contributed by atoms with Crippen LogP contribution in [0, 0.1) is 11.3 Å². The first-order chi connectivity index (χ1) is 16.9. The van der Waals surface area contributed by atoms with Gasteiger partial charge in [0.25, 0.3) is 5.89 Å². The number of fused-ring (bicyclic) bond motifs is 1. The van der Waals surface area contributed by atoms with E-state index in [1.807, 2.05) is 45.9 Å². The highest BCUT2D eigenvalue weighted by Gasteiger charge is 2.31. The van der Waals surface area contributed by atoms with E-state index >= 15 is 0 Å². The summed E-state index contributed by atoms with van der Waals surface area (Å²) in [5, 5.41) is 23.1. The highest BCUT2D eigenvalue weighted by atomic mass is 16.5. The molecule has 8 heteroatoms. The lowest BCUT2D eigenvalue weighted by Gasteiger charge is -2.28. The van der Waals surface area contributed by atoms with Gasteiger partial charge in [-0.1, -0.05) is 37.2 Å². The van der Waals surface area contributed by atoms with Crippen LogP contribution in [-0.2, 0) is 11.2 Å². The fraction of sp³-hybridized carbons (Fsp3) is 0.407. The van der Waals surface area contributed by atoms with E-state index in [2.05, 4.69) is 16.2 Å². The third-order valence-electron chi connectivity index (χ3n) is 5.74. The van der Waals surface area contributed by atoms with Gasteiger partial charge >= 0.3 is 0 Å². The molecule has 1 atom stereocenters. The lowest BCUT2D eigenvalue weighted by molar-refractivity contribution is -0.131. The van der Waals surface area contributed by atoms with Crippen LogP contribution in [0.25, 0.3) is 22.8 Å². The molecular weight excluding hydrogens is 444 g/mol. The Kier molecular flexibility index (Phi) is 8.61. The van der Waals surface area contributed by atoms with Gasteiger partial charge in [0, 0.05) is 24.6 Å². The summed E-state index contributed by atoms with van der Waals surface area (Å²) >= 11 is 0. The standard InChI is InChI=1S/C25H26N4O4.C2H6/c1-15(2)32-23-10-7-17(13-18(23)14-26)25-27-24(28-33-25)21-6-4-5-20-19(21)8-9-22(20)29(11-12-30)16(3)31;1-2/h4-7,10,13,15,22,30H,8-9,11-12H2,1-3H3;1-2H3/t22-;/m1./s1. The molecule has 1 aliphatic carbocycles. The van der Waals surface area contributed by atoms with Crippen molar-refractivity contribution in [2.24, 2.45) is 0 Å². The number of amides is 1. The van der Waals surface area contributed by atoms with Crippen molar-refractivity contribution < 1.29 is 19.2 Å². The van der Waals surface area contributed by atoms with E-state index in [-0.39, 0.29) is 24.7 Å². The van der Waals surface area contributed by atoms with Crippen LogP contribution in [0.5, 0.6) is 5.75 Å². The molecular formula is C27H32N4O4. The summed E-state index contributed by atoms with van der Waals surface area (Å²) in [4.78, 5) is 18.4. The lowest BCUT2D eigenvalue weighted by atomic mass is 10.0. The molecule has 0 fully saturated rings. The average molecular weight is 477 g/mol. The van der Waals surface area contributed by atoms with Crippen molar-refractivity contribution in [1.82, 2.24) is 15.0 Å². The van der Waals surface area contributed by atoms with Gasteiger partial charge in [-0.25, -0.2) is 0 Å². The molecule has 8 nitrogen and oxygen atoms in total. The number of hydrogen-bond acceptors (Lipinski definition) is 7. The van der Waals surface area contributed by atoms with E-state index in [1.165, 1.54) is 6.92 Å². The topological polar surface area (TPSA) is 112 Å². The maximum atomic E-state index is 12.1. The van der Waals surface area contributed by atoms with Crippen LogP contribution in [0.2, 0.25) is 0 Å². The summed E-state index contributed by atoms with van der Waals surface area (Å²) in [6.07, 6.45) is 1.51. The average Bonchev–Trinajstić information content (AvgIpc) is 3.51. The fourth-order valence-corrected chi connectivity index (χ4v) is 4.36. The molecule has 1 amide bonds. The van der Waals surface area contributed by atoms with E-state index in [1.54, 1.807) is 23.1 Å². The summed E-state index contributed by atoms with van der Waals surface area (Å²) in [5.41, 5.74) is 4.02.